The predicted octanol–water partition coefficient (Wildman–Crippen LogP) is 1.92. The number of rotatable bonds is 5. The Labute approximate surface area is 126 Å². The molecule has 2 aliphatic heterocycles. The summed E-state index contributed by atoms with van der Waals surface area (Å²) in [4.78, 5) is 2.42. The maximum Gasteiger partial charge on any atom is 0.231 e. The van der Waals surface area contributed by atoms with E-state index < -0.39 is 0 Å². The Morgan fingerprint density at radius 1 is 1.29 bits per heavy atom. The number of likely N-dealkylation sites (tertiary alicyclic amines) is 1. The van der Waals surface area contributed by atoms with Gasteiger partial charge in [-0.3, -0.25) is 0 Å². The molecule has 0 radical (unpaired) electrons. The minimum atomic E-state index is 0.00291. The van der Waals surface area contributed by atoms with Gasteiger partial charge in [0.2, 0.25) is 6.79 Å². The Balaban J connectivity index is 1.53. The fourth-order valence-electron chi connectivity index (χ4n) is 3.02. The third-order valence-electron chi connectivity index (χ3n) is 4.22. The molecule has 1 unspecified atom stereocenters. The molecule has 0 amide bonds. The van der Waals surface area contributed by atoms with Crippen LogP contribution < -0.4 is 15.2 Å². The minimum Gasteiger partial charge on any atom is -0.454 e. The van der Waals surface area contributed by atoms with Crippen molar-refractivity contribution in [1.82, 2.24) is 4.90 Å². The van der Waals surface area contributed by atoms with Gasteiger partial charge >= 0.3 is 0 Å². The van der Waals surface area contributed by atoms with Crippen molar-refractivity contribution in [3.05, 3.63) is 23.8 Å². The molecule has 1 aromatic carbocycles. The van der Waals surface area contributed by atoms with Gasteiger partial charge in [-0.25, -0.2) is 0 Å². The molecule has 0 aliphatic carbocycles. The molecular weight excluding hydrogens is 268 g/mol. The van der Waals surface area contributed by atoms with Crippen LogP contribution in [0.1, 0.15) is 31.4 Å². The Bertz CT molecular complexity index is 473. The van der Waals surface area contributed by atoms with E-state index >= 15 is 0 Å². The molecule has 1 fully saturated rings. The zero-order valence-electron chi connectivity index (χ0n) is 12.6. The highest BCUT2D eigenvalue weighted by Crippen LogP contribution is 2.34. The second-order valence-corrected chi connectivity index (χ2v) is 5.67. The second-order valence-electron chi connectivity index (χ2n) is 5.67. The van der Waals surface area contributed by atoms with Crippen molar-refractivity contribution in [3.8, 4) is 11.5 Å². The summed E-state index contributed by atoms with van der Waals surface area (Å²) in [7, 11) is 0. The monoisotopic (exact) mass is 292 g/mol. The van der Waals surface area contributed by atoms with Gasteiger partial charge in [0.1, 0.15) is 0 Å². The van der Waals surface area contributed by atoms with Crippen molar-refractivity contribution in [3.63, 3.8) is 0 Å². The van der Waals surface area contributed by atoms with Gasteiger partial charge in [-0.2, -0.15) is 0 Å². The first kappa shape index (κ1) is 14.6. The molecule has 0 spiro atoms. The summed E-state index contributed by atoms with van der Waals surface area (Å²) in [5, 5.41) is 0. The van der Waals surface area contributed by atoms with E-state index in [1.165, 1.54) is 0 Å². The molecule has 21 heavy (non-hydrogen) atoms. The van der Waals surface area contributed by atoms with Crippen molar-refractivity contribution in [1.29, 1.82) is 0 Å². The smallest absolute Gasteiger partial charge is 0.231 e. The fourth-order valence-corrected chi connectivity index (χ4v) is 3.02. The third-order valence-corrected chi connectivity index (χ3v) is 4.22. The summed E-state index contributed by atoms with van der Waals surface area (Å²) < 4.78 is 16.4. The number of benzene rings is 1. The minimum absolute atomic E-state index is 0.00291. The summed E-state index contributed by atoms with van der Waals surface area (Å²) in [5.41, 5.74) is 7.45. The molecule has 0 aromatic heterocycles. The molecule has 3 rings (SSSR count). The Kier molecular flexibility index (Phi) is 4.63. The number of nitrogens with zero attached hydrogens (tertiary/aromatic N) is 1. The van der Waals surface area contributed by atoms with Crippen LogP contribution in [0.5, 0.6) is 11.5 Å². The van der Waals surface area contributed by atoms with E-state index in [2.05, 4.69) is 11.8 Å². The van der Waals surface area contributed by atoms with Crippen LogP contribution in [0.4, 0.5) is 0 Å². The maximum absolute atomic E-state index is 6.34. The molecule has 1 saturated heterocycles. The van der Waals surface area contributed by atoms with Gasteiger partial charge in [-0.05, 0) is 37.5 Å². The number of hydrogen-bond acceptors (Lipinski definition) is 5. The molecule has 2 N–H and O–H groups in total. The van der Waals surface area contributed by atoms with E-state index in [-0.39, 0.29) is 6.04 Å². The number of ether oxygens (including phenoxy) is 3. The second kappa shape index (κ2) is 6.64. The Morgan fingerprint density at radius 3 is 2.81 bits per heavy atom. The lowest BCUT2D eigenvalue weighted by Crippen LogP contribution is -2.40. The molecule has 0 bridgehead atoms. The highest BCUT2D eigenvalue weighted by atomic mass is 16.7. The molecule has 1 atom stereocenters. The van der Waals surface area contributed by atoms with Gasteiger partial charge in [0.25, 0.3) is 0 Å². The number of piperidine rings is 1. The topological polar surface area (TPSA) is 57.0 Å². The van der Waals surface area contributed by atoms with Crippen LogP contribution in [-0.4, -0.2) is 44.0 Å². The molecule has 2 heterocycles. The summed E-state index contributed by atoms with van der Waals surface area (Å²) in [6.07, 6.45) is 2.62. The van der Waals surface area contributed by atoms with Crippen molar-refractivity contribution in [2.24, 2.45) is 5.73 Å². The van der Waals surface area contributed by atoms with Gasteiger partial charge < -0.3 is 24.8 Å². The van der Waals surface area contributed by atoms with E-state index in [4.69, 9.17) is 19.9 Å². The maximum atomic E-state index is 6.34. The highest BCUT2D eigenvalue weighted by molar-refractivity contribution is 5.45. The van der Waals surface area contributed by atoms with Gasteiger partial charge in [-0.1, -0.05) is 6.07 Å². The first-order valence-electron chi connectivity index (χ1n) is 7.75. The molecule has 5 nitrogen and oxygen atoms in total. The van der Waals surface area contributed by atoms with Crippen LogP contribution in [0, 0.1) is 0 Å². The van der Waals surface area contributed by atoms with Crippen LogP contribution >= 0.6 is 0 Å². The fraction of sp³-hybridized carbons (Fsp3) is 0.625. The van der Waals surface area contributed by atoms with E-state index in [1.807, 2.05) is 18.2 Å². The van der Waals surface area contributed by atoms with Crippen LogP contribution in [0.2, 0.25) is 0 Å². The normalized spacial score (nSPS) is 20.7. The lowest BCUT2D eigenvalue weighted by Gasteiger charge is -2.33. The third kappa shape index (κ3) is 3.48. The van der Waals surface area contributed by atoms with Crippen LogP contribution in [0.3, 0.4) is 0 Å². The van der Waals surface area contributed by atoms with Gasteiger partial charge in [0.15, 0.2) is 11.5 Å². The van der Waals surface area contributed by atoms with E-state index in [9.17, 15) is 0 Å². The SMILES string of the molecule is CCOC1CCN(CC(N)c2ccc3c(c2)OCO3)CC1. The summed E-state index contributed by atoms with van der Waals surface area (Å²) in [6.45, 7) is 6.16. The molecule has 116 valence electrons. The first-order valence-corrected chi connectivity index (χ1v) is 7.75. The van der Waals surface area contributed by atoms with Crippen molar-refractivity contribution >= 4 is 0 Å². The van der Waals surface area contributed by atoms with Crippen molar-refractivity contribution < 1.29 is 14.2 Å². The summed E-state index contributed by atoms with van der Waals surface area (Å²) >= 11 is 0. The quantitative estimate of drug-likeness (QED) is 0.898. The van der Waals surface area contributed by atoms with Crippen LogP contribution in [0.25, 0.3) is 0 Å². The van der Waals surface area contributed by atoms with E-state index in [0.717, 1.165) is 56.1 Å². The standard InChI is InChI=1S/C16H24N2O3/c1-2-19-13-5-7-18(8-6-13)10-14(17)12-3-4-15-16(9-12)21-11-20-15/h3-4,9,13-14H,2,5-8,10-11,17H2,1H3. The highest BCUT2D eigenvalue weighted by Gasteiger charge is 2.22. The summed E-state index contributed by atoms with van der Waals surface area (Å²) in [5.74, 6) is 1.61. The Morgan fingerprint density at radius 2 is 2.05 bits per heavy atom. The first-order chi connectivity index (χ1) is 10.3. The van der Waals surface area contributed by atoms with Gasteiger partial charge in [-0.15, -0.1) is 0 Å². The average Bonchev–Trinajstić information content (AvgIpc) is 2.97. The zero-order valence-corrected chi connectivity index (χ0v) is 12.6. The average molecular weight is 292 g/mol. The van der Waals surface area contributed by atoms with E-state index in [1.54, 1.807) is 0 Å². The summed E-state index contributed by atoms with van der Waals surface area (Å²) in [6, 6.07) is 5.98. The van der Waals surface area contributed by atoms with Crippen molar-refractivity contribution in [2.75, 3.05) is 33.0 Å². The van der Waals surface area contributed by atoms with Crippen LogP contribution in [-0.2, 0) is 4.74 Å². The molecule has 0 saturated carbocycles. The largest absolute Gasteiger partial charge is 0.454 e. The van der Waals surface area contributed by atoms with Crippen LogP contribution in [0.15, 0.2) is 18.2 Å². The van der Waals surface area contributed by atoms with Gasteiger partial charge in [0.05, 0.1) is 6.10 Å². The molecule has 1 aromatic rings. The van der Waals surface area contributed by atoms with E-state index in [0.29, 0.717) is 12.9 Å². The molecular formula is C16H24N2O3. The van der Waals surface area contributed by atoms with Gasteiger partial charge in [0, 0.05) is 32.3 Å². The number of nitrogens with two attached hydrogens (primary N) is 1. The van der Waals surface area contributed by atoms with Crippen molar-refractivity contribution in [2.45, 2.75) is 31.9 Å². The Hall–Kier alpha value is -1.30. The molecule has 2 aliphatic rings. The number of fused-ring (bicyclic) bond motifs is 1. The predicted molar refractivity (Wildman–Crippen MR) is 80.6 cm³/mol. The zero-order chi connectivity index (χ0) is 14.7. The lowest BCUT2D eigenvalue weighted by molar-refractivity contribution is 0.0131. The number of hydrogen-bond donors (Lipinski definition) is 1. The lowest BCUT2D eigenvalue weighted by atomic mass is 10.0. The molecule has 5 heteroatoms.